The fourth-order valence-electron chi connectivity index (χ4n) is 2.16. The van der Waals surface area contributed by atoms with Crippen molar-refractivity contribution in [2.75, 3.05) is 0 Å². The Kier molecular flexibility index (Phi) is 2.82. The zero-order chi connectivity index (χ0) is 13.2. The first-order valence-corrected chi connectivity index (χ1v) is 6.14. The average molecular weight is 250 g/mol. The summed E-state index contributed by atoms with van der Waals surface area (Å²) >= 11 is 0. The minimum absolute atomic E-state index is 0.135. The fourth-order valence-corrected chi connectivity index (χ4v) is 2.16. The van der Waals surface area contributed by atoms with Crippen LogP contribution in [-0.4, -0.2) is 11.1 Å². The molecule has 19 heavy (non-hydrogen) atoms. The van der Waals surface area contributed by atoms with Gasteiger partial charge in [0.25, 0.3) is 0 Å². The number of rotatable bonds is 1. The van der Waals surface area contributed by atoms with Crippen LogP contribution in [-0.2, 0) is 0 Å². The highest BCUT2D eigenvalue weighted by Crippen LogP contribution is 2.22. The second kappa shape index (κ2) is 4.63. The lowest BCUT2D eigenvalue weighted by molar-refractivity contribution is 0.310. The Hall–Kier alpha value is -2.51. The van der Waals surface area contributed by atoms with Crippen LogP contribution in [0.15, 0.2) is 54.4 Å². The molecule has 0 radical (unpaired) electrons. The van der Waals surface area contributed by atoms with E-state index in [9.17, 15) is 0 Å². The summed E-state index contributed by atoms with van der Waals surface area (Å²) < 4.78 is 0. The summed E-state index contributed by atoms with van der Waals surface area (Å²) in [5.41, 5.74) is 10.3. The zero-order valence-electron chi connectivity index (χ0n) is 10.6. The van der Waals surface area contributed by atoms with E-state index in [1.807, 2.05) is 29.5 Å². The summed E-state index contributed by atoms with van der Waals surface area (Å²) in [5.74, 6) is 0. The first-order chi connectivity index (χ1) is 9.28. The van der Waals surface area contributed by atoms with Crippen LogP contribution in [0.5, 0.6) is 0 Å². The van der Waals surface area contributed by atoms with Crippen LogP contribution < -0.4 is 10.9 Å². The molecule has 1 aromatic rings. The summed E-state index contributed by atoms with van der Waals surface area (Å²) in [6.45, 7) is 2.07. The van der Waals surface area contributed by atoms with E-state index in [0.717, 1.165) is 11.3 Å². The first kappa shape index (κ1) is 11.6. The van der Waals surface area contributed by atoms with E-state index in [0.29, 0.717) is 5.57 Å². The first-order valence-electron chi connectivity index (χ1n) is 6.14. The highest BCUT2D eigenvalue weighted by atomic mass is 15.5. The van der Waals surface area contributed by atoms with Crippen molar-refractivity contribution < 1.29 is 0 Å². The maximum atomic E-state index is 9.08. The van der Waals surface area contributed by atoms with Gasteiger partial charge in [-0.05, 0) is 19.1 Å². The molecule has 4 nitrogen and oxygen atoms in total. The van der Waals surface area contributed by atoms with E-state index >= 15 is 0 Å². The Morgan fingerprint density at radius 1 is 1.26 bits per heavy atom. The van der Waals surface area contributed by atoms with E-state index in [1.54, 1.807) is 0 Å². The summed E-state index contributed by atoms with van der Waals surface area (Å²) in [4.78, 5) is 1.99. The number of allylic oxidation sites excluding steroid dienone is 2. The van der Waals surface area contributed by atoms with Gasteiger partial charge in [0.05, 0.1) is 17.3 Å². The smallest absolute Gasteiger partial charge is 0.136 e. The number of nitrogens with zero attached hydrogens (tertiary/aromatic N) is 2. The van der Waals surface area contributed by atoms with Crippen molar-refractivity contribution in [3.8, 4) is 6.07 Å². The normalized spacial score (nSPS) is 20.8. The van der Waals surface area contributed by atoms with Crippen LogP contribution in [0.1, 0.15) is 11.1 Å². The molecule has 3 rings (SSSR count). The van der Waals surface area contributed by atoms with Crippen molar-refractivity contribution >= 4 is 5.70 Å². The lowest BCUT2D eigenvalue weighted by atomic mass is 10.1. The predicted molar refractivity (Wildman–Crippen MR) is 73.9 cm³/mol. The van der Waals surface area contributed by atoms with Crippen molar-refractivity contribution in [3.63, 3.8) is 0 Å². The highest BCUT2D eigenvalue weighted by molar-refractivity contribution is 5.64. The van der Waals surface area contributed by atoms with Gasteiger partial charge in [-0.3, -0.25) is 0 Å². The van der Waals surface area contributed by atoms with Crippen LogP contribution in [0.3, 0.4) is 0 Å². The van der Waals surface area contributed by atoms with E-state index in [2.05, 4.69) is 48.1 Å². The van der Waals surface area contributed by atoms with Gasteiger partial charge in [-0.2, -0.15) is 5.26 Å². The molecule has 1 unspecified atom stereocenters. The number of nitriles is 1. The fraction of sp³-hybridized carbons (Fsp3) is 0.133. The van der Waals surface area contributed by atoms with Gasteiger partial charge in [-0.25, -0.2) is 5.43 Å². The third kappa shape index (κ3) is 2.12. The highest BCUT2D eigenvalue weighted by Gasteiger charge is 2.25. The summed E-state index contributed by atoms with van der Waals surface area (Å²) in [5, 5.41) is 9.08. The second-order valence-electron chi connectivity index (χ2n) is 4.60. The summed E-state index contributed by atoms with van der Waals surface area (Å²) in [7, 11) is 0. The maximum absolute atomic E-state index is 9.08. The molecular formula is C15H14N4. The Morgan fingerprint density at radius 2 is 2.05 bits per heavy atom. The number of aryl methyl sites for hydroxylation is 1. The Balaban J connectivity index is 1.90. The SMILES string of the molecule is Cc1ccc(C2=CN3C=CC=C(C#N)C3NN2)cc1. The minimum atomic E-state index is -0.135. The quantitative estimate of drug-likeness (QED) is 0.800. The van der Waals surface area contributed by atoms with Gasteiger partial charge in [-0.1, -0.05) is 29.8 Å². The molecule has 0 saturated carbocycles. The number of hydrogen-bond acceptors (Lipinski definition) is 4. The van der Waals surface area contributed by atoms with E-state index in [-0.39, 0.29) is 6.17 Å². The molecule has 2 heterocycles. The molecule has 2 N–H and O–H groups in total. The molecule has 0 fully saturated rings. The van der Waals surface area contributed by atoms with Gasteiger partial charge in [0.1, 0.15) is 6.17 Å². The van der Waals surface area contributed by atoms with Crippen molar-refractivity contribution in [1.82, 2.24) is 15.8 Å². The standard InChI is InChI=1S/C15H14N4/c1-11-4-6-12(7-5-11)14-10-19-8-2-3-13(9-16)15(19)18-17-14/h2-8,10,15,17-18H,1H3. The van der Waals surface area contributed by atoms with Gasteiger partial charge in [0.2, 0.25) is 0 Å². The molecule has 1 atom stereocenters. The molecule has 0 aromatic heterocycles. The van der Waals surface area contributed by atoms with Gasteiger partial charge >= 0.3 is 0 Å². The minimum Gasteiger partial charge on any atom is -0.330 e. The maximum Gasteiger partial charge on any atom is 0.136 e. The number of hydrazine groups is 1. The van der Waals surface area contributed by atoms with Gasteiger partial charge < -0.3 is 10.3 Å². The third-order valence-corrected chi connectivity index (χ3v) is 3.24. The van der Waals surface area contributed by atoms with Crippen LogP contribution >= 0.6 is 0 Å². The van der Waals surface area contributed by atoms with Gasteiger partial charge in [0.15, 0.2) is 0 Å². The van der Waals surface area contributed by atoms with E-state index in [1.165, 1.54) is 5.56 Å². The molecule has 2 aliphatic heterocycles. The molecule has 4 heteroatoms. The molecule has 1 aromatic carbocycles. The Morgan fingerprint density at radius 3 is 2.79 bits per heavy atom. The zero-order valence-corrected chi connectivity index (χ0v) is 10.6. The van der Waals surface area contributed by atoms with Gasteiger partial charge in [0, 0.05) is 18.0 Å². The number of benzene rings is 1. The third-order valence-electron chi connectivity index (χ3n) is 3.24. The topological polar surface area (TPSA) is 51.1 Å². The monoisotopic (exact) mass is 250 g/mol. The largest absolute Gasteiger partial charge is 0.330 e. The summed E-state index contributed by atoms with van der Waals surface area (Å²) in [6.07, 6.45) is 7.52. The molecule has 0 bridgehead atoms. The number of nitrogens with one attached hydrogen (secondary N) is 2. The lowest BCUT2D eigenvalue weighted by Crippen LogP contribution is -2.52. The lowest BCUT2D eigenvalue weighted by Gasteiger charge is -2.35. The average Bonchev–Trinajstić information content (AvgIpc) is 2.47. The Bertz CT molecular complexity index is 617. The van der Waals surface area contributed by atoms with Crippen molar-refractivity contribution in [1.29, 1.82) is 5.26 Å². The predicted octanol–water partition coefficient (Wildman–Crippen LogP) is 2.01. The Labute approximate surface area is 112 Å². The molecular weight excluding hydrogens is 236 g/mol. The summed E-state index contributed by atoms with van der Waals surface area (Å²) in [6, 6.07) is 10.5. The van der Waals surface area contributed by atoms with Crippen molar-refractivity contribution in [2.45, 2.75) is 13.1 Å². The van der Waals surface area contributed by atoms with Crippen LogP contribution in [0.4, 0.5) is 0 Å². The molecule has 0 aliphatic carbocycles. The van der Waals surface area contributed by atoms with Crippen molar-refractivity contribution in [3.05, 3.63) is 65.5 Å². The number of hydrogen-bond donors (Lipinski definition) is 2. The molecule has 0 saturated heterocycles. The number of fused-ring (bicyclic) bond motifs is 1. The van der Waals surface area contributed by atoms with Gasteiger partial charge in [-0.15, -0.1) is 0 Å². The van der Waals surface area contributed by atoms with E-state index < -0.39 is 0 Å². The van der Waals surface area contributed by atoms with E-state index in [4.69, 9.17) is 5.26 Å². The molecule has 0 spiro atoms. The van der Waals surface area contributed by atoms with Crippen molar-refractivity contribution in [2.24, 2.45) is 0 Å². The molecule has 2 aliphatic rings. The van der Waals surface area contributed by atoms with Crippen LogP contribution in [0.2, 0.25) is 0 Å². The second-order valence-corrected chi connectivity index (χ2v) is 4.60. The van der Waals surface area contributed by atoms with Crippen LogP contribution in [0, 0.1) is 18.3 Å². The molecule has 0 amide bonds. The molecule has 94 valence electrons. The van der Waals surface area contributed by atoms with Crippen LogP contribution in [0.25, 0.3) is 5.70 Å².